The number of esters is 1. The van der Waals surface area contributed by atoms with Gasteiger partial charge in [0.2, 0.25) is 0 Å². The first kappa shape index (κ1) is 19.1. The van der Waals surface area contributed by atoms with Crippen LogP contribution in [0.3, 0.4) is 0 Å². The van der Waals surface area contributed by atoms with Gasteiger partial charge in [-0.1, -0.05) is 18.2 Å². The van der Waals surface area contributed by atoms with E-state index in [1.165, 1.54) is 5.69 Å². The van der Waals surface area contributed by atoms with Crippen molar-refractivity contribution in [3.05, 3.63) is 30.3 Å². The fourth-order valence-electron chi connectivity index (χ4n) is 2.85. The predicted molar refractivity (Wildman–Crippen MR) is 102 cm³/mol. The van der Waals surface area contributed by atoms with E-state index in [2.05, 4.69) is 44.8 Å². The molecule has 0 aromatic heterocycles. The van der Waals surface area contributed by atoms with Crippen LogP contribution in [0.2, 0.25) is 0 Å². The number of rotatable bonds is 7. The topological polar surface area (TPSA) is 66.0 Å². The molecule has 0 saturated carbocycles. The minimum atomic E-state index is -0.203. The van der Waals surface area contributed by atoms with Crippen molar-refractivity contribution in [3.63, 3.8) is 0 Å². The number of hydrogen-bond donors (Lipinski definition) is 2. The number of guanidine groups is 1. The number of hydrogen-bond acceptors (Lipinski definition) is 4. The second-order valence-electron chi connectivity index (χ2n) is 6.46. The molecule has 6 heteroatoms. The molecule has 1 atom stereocenters. The number of carbonyl (C=O) groups is 1. The largest absolute Gasteiger partial charge is 0.463 e. The van der Waals surface area contributed by atoms with E-state index in [1.54, 1.807) is 0 Å². The van der Waals surface area contributed by atoms with Crippen LogP contribution in [0, 0.1) is 0 Å². The van der Waals surface area contributed by atoms with Crippen LogP contribution in [-0.4, -0.2) is 50.3 Å². The Labute approximate surface area is 150 Å². The summed E-state index contributed by atoms with van der Waals surface area (Å²) in [7, 11) is 0. The molecule has 0 spiro atoms. The Morgan fingerprint density at radius 3 is 2.80 bits per heavy atom. The van der Waals surface area contributed by atoms with Crippen LogP contribution in [0.25, 0.3) is 0 Å². The van der Waals surface area contributed by atoms with Gasteiger partial charge < -0.3 is 20.3 Å². The highest BCUT2D eigenvalue weighted by atomic mass is 16.5. The summed E-state index contributed by atoms with van der Waals surface area (Å²) in [5, 5.41) is 6.72. The van der Waals surface area contributed by atoms with Gasteiger partial charge in [-0.05, 0) is 39.3 Å². The molecule has 1 aliphatic rings. The maximum Gasteiger partial charge on any atom is 0.307 e. The molecule has 2 rings (SSSR count). The molecule has 1 heterocycles. The van der Waals surface area contributed by atoms with Crippen LogP contribution in [0.4, 0.5) is 5.69 Å². The van der Waals surface area contributed by atoms with E-state index >= 15 is 0 Å². The zero-order valence-corrected chi connectivity index (χ0v) is 15.5. The first-order valence-electron chi connectivity index (χ1n) is 9.12. The van der Waals surface area contributed by atoms with Gasteiger partial charge in [0.15, 0.2) is 5.96 Å². The van der Waals surface area contributed by atoms with Crippen molar-refractivity contribution < 1.29 is 9.53 Å². The summed E-state index contributed by atoms with van der Waals surface area (Å²) in [5.74, 6) is 0.561. The summed E-state index contributed by atoms with van der Waals surface area (Å²) >= 11 is 0. The smallest absolute Gasteiger partial charge is 0.307 e. The predicted octanol–water partition coefficient (Wildman–Crippen LogP) is 2.16. The lowest BCUT2D eigenvalue weighted by Gasteiger charge is -2.20. The number of para-hydroxylation sites is 1. The molecule has 0 amide bonds. The molecule has 1 aromatic carbocycles. The first-order valence-corrected chi connectivity index (χ1v) is 9.12. The second kappa shape index (κ2) is 9.91. The van der Waals surface area contributed by atoms with Gasteiger partial charge >= 0.3 is 5.97 Å². The molecular formula is C19H30N4O2. The number of ether oxygens (including phenoxy) is 1. The van der Waals surface area contributed by atoms with Crippen molar-refractivity contribution in [2.75, 3.05) is 31.1 Å². The minimum Gasteiger partial charge on any atom is -0.463 e. The van der Waals surface area contributed by atoms with Crippen molar-refractivity contribution in [2.45, 2.75) is 45.8 Å². The van der Waals surface area contributed by atoms with E-state index in [0.717, 1.165) is 32.0 Å². The Morgan fingerprint density at radius 1 is 1.36 bits per heavy atom. The lowest BCUT2D eigenvalue weighted by Crippen LogP contribution is -2.44. The van der Waals surface area contributed by atoms with Crippen LogP contribution < -0.4 is 15.5 Å². The summed E-state index contributed by atoms with van der Waals surface area (Å²) < 4.78 is 5.13. The van der Waals surface area contributed by atoms with Crippen molar-refractivity contribution in [1.82, 2.24) is 10.6 Å². The molecule has 1 saturated heterocycles. The first-order chi connectivity index (χ1) is 12.1. The van der Waals surface area contributed by atoms with E-state index in [-0.39, 0.29) is 12.1 Å². The molecule has 0 bridgehead atoms. The Kier molecular flexibility index (Phi) is 7.57. The van der Waals surface area contributed by atoms with E-state index in [4.69, 9.17) is 4.74 Å². The number of benzene rings is 1. The molecule has 0 radical (unpaired) electrons. The van der Waals surface area contributed by atoms with Crippen molar-refractivity contribution in [1.29, 1.82) is 0 Å². The third-order valence-electron chi connectivity index (χ3n) is 3.95. The summed E-state index contributed by atoms with van der Waals surface area (Å²) in [6.45, 7) is 8.94. The molecule has 1 aromatic rings. The minimum absolute atomic E-state index is 0.0784. The zero-order chi connectivity index (χ0) is 18.1. The van der Waals surface area contributed by atoms with Crippen LogP contribution >= 0.6 is 0 Å². The van der Waals surface area contributed by atoms with Gasteiger partial charge in [0, 0.05) is 31.4 Å². The van der Waals surface area contributed by atoms with E-state index < -0.39 is 0 Å². The van der Waals surface area contributed by atoms with Gasteiger partial charge in [0.1, 0.15) is 0 Å². The van der Waals surface area contributed by atoms with Crippen molar-refractivity contribution in [2.24, 2.45) is 4.99 Å². The highest BCUT2D eigenvalue weighted by Crippen LogP contribution is 2.19. The average Bonchev–Trinajstić information content (AvgIpc) is 3.03. The van der Waals surface area contributed by atoms with Gasteiger partial charge in [-0.2, -0.15) is 0 Å². The summed E-state index contributed by atoms with van der Waals surface area (Å²) in [4.78, 5) is 18.5. The standard InChI is InChI=1S/C19H30N4O2/c1-4-20-19(21-12-10-18(24)25-15(2)3)22-16-11-13-23(14-16)17-8-6-5-7-9-17/h5-9,15-16H,4,10-14H2,1-3H3,(H2,20,21,22). The van der Waals surface area contributed by atoms with E-state index in [0.29, 0.717) is 19.0 Å². The third kappa shape index (κ3) is 6.64. The highest BCUT2D eigenvalue weighted by molar-refractivity contribution is 5.80. The Balaban J connectivity index is 1.82. The monoisotopic (exact) mass is 346 g/mol. The Bertz CT molecular complexity index is 560. The van der Waals surface area contributed by atoms with Crippen molar-refractivity contribution in [3.8, 4) is 0 Å². The van der Waals surface area contributed by atoms with Gasteiger partial charge in [-0.15, -0.1) is 0 Å². The molecule has 0 aliphatic carbocycles. The van der Waals surface area contributed by atoms with Crippen LogP contribution in [0.5, 0.6) is 0 Å². The SMILES string of the molecule is CCNC(=NCCC(=O)OC(C)C)NC1CCN(c2ccccc2)C1. The highest BCUT2D eigenvalue weighted by Gasteiger charge is 2.23. The normalized spacial score (nSPS) is 17.7. The summed E-state index contributed by atoms with van der Waals surface area (Å²) in [6, 6.07) is 10.8. The molecular weight excluding hydrogens is 316 g/mol. The number of nitrogens with one attached hydrogen (secondary N) is 2. The average molecular weight is 346 g/mol. The maximum absolute atomic E-state index is 11.6. The number of nitrogens with zero attached hydrogens (tertiary/aromatic N) is 2. The molecule has 1 fully saturated rings. The van der Waals surface area contributed by atoms with Gasteiger partial charge in [-0.3, -0.25) is 9.79 Å². The molecule has 2 N–H and O–H groups in total. The van der Waals surface area contributed by atoms with E-state index in [1.807, 2.05) is 26.8 Å². The lowest BCUT2D eigenvalue weighted by molar-refractivity contribution is -0.147. The fraction of sp³-hybridized carbons (Fsp3) is 0.579. The number of carbonyl (C=O) groups excluding carboxylic acids is 1. The Hall–Kier alpha value is -2.24. The summed E-state index contributed by atoms with van der Waals surface area (Å²) in [6.07, 6.45) is 1.29. The number of aliphatic imine (C=N–C) groups is 1. The molecule has 138 valence electrons. The maximum atomic E-state index is 11.6. The molecule has 1 unspecified atom stereocenters. The van der Waals surface area contributed by atoms with Crippen molar-refractivity contribution >= 4 is 17.6 Å². The molecule has 25 heavy (non-hydrogen) atoms. The van der Waals surface area contributed by atoms with E-state index in [9.17, 15) is 4.79 Å². The second-order valence-corrected chi connectivity index (χ2v) is 6.46. The lowest BCUT2D eigenvalue weighted by atomic mass is 10.3. The molecule has 1 aliphatic heterocycles. The van der Waals surface area contributed by atoms with Crippen LogP contribution in [-0.2, 0) is 9.53 Å². The third-order valence-corrected chi connectivity index (χ3v) is 3.95. The fourth-order valence-corrected chi connectivity index (χ4v) is 2.85. The van der Waals surface area contributed by atoms with Crippen LogP contribution in [0.1, 0.15) is 33.6 Å². The quantitative estimate of drug-likeness (QED) is 0.450. The van der Waals surface area contributed by atoms with Crippen LogP contribution in [0.15, 0.2) is 35.3 Å². The van der Waals surface area contributed by atoms with Gasteiger partial charge in [-0.25, -0.2) is 0 Å². The van der Waals surface area contributed by atoms with Gasteiger partial charge in [0.05, 0.1) is 19.1 Å². The molecule has 6 nitrogen and oxygen atoms in total. The van der Waals surface area contributed by atoms with Gasteiger partial charge in [0.25, 0.3) is 0 Å². The summed E-state index contributed by atoms with van der Waals surface area (Å²) in [5.41, 5.74) is 1.25. The Morgan fingerprint density at radius 2 is 2.12 bits per heavy atom. The zero-order valence-electron chi connectivity index (χ0n) is 15.5. The number of anilines is 1.